The predicted octanol–water partition coefficient (Wildman–Crippen LogP) is 16.3. The number of benzene rings is 10. The zero-order valence-corrected chi connectivity index (χ0v) is 32.0. The van der Waals surface area contributed by atoms with Crippen LogP contribution in [0.2, 0.25) is 0 Å². The van der Waals surface area contributed by atoms with Crippen LogP contribution in [-0.4, -0.2) is 0 Å². The molecule has 0 aliphatic rings. The maximum absolute atomic E-state index is 7.02. The van der Waals surface area contributed by atoms with Crippen LogP contribution in [0.5, 0.6) is 0 Å². The zero-order chi connectivity index (χ0) is 38.9. The molecule has 0 spiro atoms. The highest BCUT2D eigenvalue weighted by atomic mass is 16.3. The van der Waals surface area contributed by atoms with Crippen LogP contribution in [0.15, 0.2) is 221 Å². The molecule has 12 aromatic rings. The number of hydrogen-bond donors (Lipinski definition) is 0. The summed E-state index contributed by atoms with van der Waals surface area (Å²) in [6, 6.07) is 75.4. The molecule has 2 aromatic heterocycles. The van der Waals surface area contributed by atoms with E-state index in [0.29, 0.717) is 0 Å². The van der Waals surface area contributed by atoms with Gasteiger partial charge in [-0.15, -0.1) is 0 Å². The Hall–Kier alpha value is -7.88. The fourth-order valence-electron chi connectivity index (χ4n) is 9.11. The number of anilines is 3. The molecule has 0 radical (unpaired) electrons. The smallest absolute Gasteiger partial charge is 0.160 e. The molecule has 0 unspecified atom stereocenters. The number of rotatable bonds is 6. The molecule has 0 amide bonds. The van der Waals surface area contributed by atoms with E-state index in [-0.39, 0.29) is 0 Å². The molecule has 0 fully saturated rings. The van der Waals surface area contributed by atoms with Crippen molar-refractivity contribution < 1.29 is 8.83 Å². The summed E-state index contributed by atoms with van der Waals surface area (Å²) in [5, 5.41) is 9.27. The van der Waals surface area contributed by atoms with Crippen molar-refractivity contribution in [3.8, 4) is 33.4 Å². The molecule has 0 saturated heterocycles. The van der Waals surface area contributed by atoms with Gasteiger partial charge in [-0.2, -0.15) is 0 Å². The van der Waals surface area contributed by atoms with Crippen LogP contribution in [0.3, 0.4) is 0 Å². The van der Waals surface area contributed by atoms with Crippen molar-refractivity contribution in [2.24, 2.45) is 0 Å². The van der Waals surface area contributed by atoms with Gasteiger partial charge in [0, 0.05) is 38.5 Å². The summed E-state index contributed by atoms with van der Waals surface area (Å²) in [6.07, 6.45) is 0. The number of para-hydroxylation sites is 1. The minimum absolute atomic E-state index is 0.841. The molecular weight excluding hydrogens is 719 g/mol. The van der Waals surface area contributed by atoms with E-state index in [1.807, 2.05) is 0 Å². The van der Waals surface area contributed by atoms with Crippen molar-refractivity contribution in [2.75, 3.05) is 4.90 Å². The fourth-order valence-corrected chi connectivity index (χ4v) is 9.11. The van der Waals surface area contributed by atoms with E-state index in [9.17, 15) is 0 Å². The van der Waals surface area contributed by atoms with Crippen LogP contribution >= 0.6 is 0 Å². The van der Waals surface area contributed by atoms with Crippen molar-refractivity contribution in [1.29, 1.82) is 0 Å². The van der Waals surface area contributed by atoms with Gasteiger partial charge in [0.05, 0.1) is 5.69 Å². The number of hydrogen-bond acceptors (Lipinski definition) is 3. The molecule has 0 aliphatic heterocycles. The maximum atomic E-state index is 7.02. The second kappa shape index (κ2) is 13.4. The quantitative estimate of drug-likeness (QED) is 0.169. The number of furan rings is 2. The highest BCUT2D eigenvalue weighted by molar-refractivity contribution is 6.25. The summed E-state index contributed by atoms with van der Waals surface area (Å²) in [7, 11) is 0. The Balaban J connectivity index is 1.06. The fraction of sp³-hybridized carbons (Fsp3) is 0. The van der Waals surface area contributed by atoms with E-state index in [1.54, 1.807) is 0 Å². The Morgan fingerprint density at radius 3 is 1.47 bits per heavy atom. The van der Waals surface area contributed by atoms with Crippen LogP contribution in [0.1, 0.15) is 0 Å². The van der Waals surface area contributed by atoms with Gasteiger partial charge in [-0.3, -0.25) is 0 Å². The van der Waals surface area contributed by atoms with Crippen LogP contribution in [0, 0.1) is 0 Å². The van der Waals surface area contributed by atoms with E-state index >= 15 is 0 Å². The highest BCUT2D eigenvalue weighted by Crippen LogP contribution is 2.48. The van der Waals surface area contributed by atoms with Crippen molar-refractivity contribution >= 4 is 82.5 Å². The molecule has 59 heavy (non-hydrogen) atoms. The van der Waals surface area contributed by atoms with E-state index in [1.165, 1.54) is 27.1 Å². The Morgan fingerprint density at radius 1 is 0.288 bits per heavy atom. The average molecular weight is 754 g/mol. The summed E-state index contributed by atoms with van der Waals surface area (Å²) in [4.78, 5) is 2.33. The lowest BCUT2D eigenvalue weighted by Gasteiger charge is -2.26. The first kappa shape index (κ1) is 33.3. The molecular formula is C56H35NO2. The molecule has 0 aliphatic carbocycles. The SMILES string of the molecule is c1ccc(-c2ccc(N(c3ccc(-c4cccc5c4oc4ccc6ccccc6c45)cc3)c3ccc(-c4ccccc4)c4c3oc3ccc5ccccc5c34)cc2)cc1. The largest absolute Gasteiger partial charge is 0.455 e. The third kappa shape index (κ3) is 5.36. The van der Waals surface area contributed by atoms with Crippen molar-refractivity contribution in [1.82, 2.24) is 0 Å². The second-order valence-corrected chi connectivity index (χ2v) is 15.2. The molecule has 10 aromatic carbocycles. The van der Waals surface area contributed by atoms with Gasteiger partial charge in [0.1, 0.15) is 16.7 Å². The Labute approximate surface area is 340 Å². The molecule has 3 nitrogen and oxygen atoms in total. The number of fused-ring (bicyclic) bond motifs is 10. The minimum Gasteiger partial charge on any atom is -0.455 e. The molecule has 0 saturated carbocycles. The highest BCUT2D eigenvalue weighted by Gasteiger charge is 2.24. The van der Waals surface area contributed by atoms with Gasteiger partial charge in [-0.05, 0) is 91.8 Å². The van der Waals surface area contributed by atoms with Crippen LogP contribution in [0.4, 0.5) is 17.1 Å². The molecule has 2 heterocycles. The number of nitrogens with zero attached hydrogens (tertiary/aromatic N) is 1. The summed E-state index contributed by atoms with van der Waals surface area (Å²) in [5.41, 5.74) is 13.3. The third-order valence-electron chi connectivity index (χ3n) is 11.9. The van der Waals surface area contributed by atoms with Crippen LogP contribution in [-0.2, 0) is 0 Å². The maximum Gasteiger partial charge on any atom is 0.160 e. The lowest BCUT2D eigenvalue weighted by atomic mass is 9.95. The summed E-state index contributed by atoms with van der Waals surface area (Å²) in [5.74, 6) is 0. The summed E-state index contributed by atoms with van der Waals surface area (Å²) < 4.78 is 13.7. The lowest BCUT2D eigenvalue weighted by Crippen LogP contribution is -2.10. The first-order valence-electron chi connectivity index (χ1n) is 20.1. The lowest BCUT2D eigenvalue weighted by molar-refractivity contribution is 0.669. The third-order valence-corrected chi connectivity index (χ3v) is 11.9. The van der Waals surface area contributed by atoms with Gasteiger partial charge in [0.2, 0.25) is 0 Å². The molecule has 0 bridgehead atoms. The van der Waals surface area contributed by atoms with E-state index in [2.05, 4.69) is 217 Å². The Bertz CT molecular complexity index is 3530. The van der Waals surface area contributed by atoms with E-state index in [0.717, 1.165) is 88.8 Å². The van der Waals surface area contributed by atoms with Gasteiger partial charge in [-0.25, -0.2) is 0 Å². The monoisotopic (exact) mass is 753 g/mol. The standard InChI is InChI=1S/C56H35NO2/c1-3-12-36(13-4-1)37-22-28-42(29-23-37)57(43-30-24-41(25-31-43)47-20-11-21-48-52-44-18-9-7-16-39(44)26-34-50(52)58-55(47)48)49-33-32-46(38-14-5-2-6-15-38)54-53-45-19-10-8-17-40(45)27-35-51(53)59-56(49)54/h1-35H. The molecule has 0 atom stereocenters. The van der Waals surface area contributed by atoms with E-state index in [4.69, 9.17) is 8.83 Å². The van der Waals surface area contributed by atoms with Crippen molar-refractivity contribution in [3.05, 3.63) is 212 Å². The first-order valence-corrected chi connectivity index (χ1v) is 20.1. The van der Waals surface area contributed by atoms with Crippen LogP contribution in [0.25, 0.3) is 98.8 Å². The molecule has 0 N–H and O–H groups in total. The zero-order valence-electron chi connectivity index (χ0n) is 32.0. The Kier molecular flexibility index (Phi) is 7.54. The second-order valence-electron chi connectivity index (χ2n) is 15.2. The molecule has 3 heteroatoms. The normalized spacial score (nSPS) is 11.7. The van der Waals surface area contributed by atoms with Gasteiger partial charge >= 0.3 is 0 Å². The summed E-state index contributed by atoms with van der Waals surface area (Å²) in [6.45, 7) is 0. The first-order chi connectivity index (χ1) is 29.3. The Morgan fingerprint density at radius 2 is 0.797 bits per heavy atom. The summed E-state index contributed by atoms with van der Waals surface area (Å²) >= 11 is 0. The molecule has 12 rings (SSSR count). The van der Waals surface area contributed by atoms with Gasteiger partial charge in [0.25, 0.3) is 0 Å². The minimum atomic E-state index is 0.841. The van der Waals surface area contributed by atoms with Gasteiger partial charge < -0.3 is 13.7 Å². The molecule has 276 valence electrons. The van der Waals surface area contributed by atoms with Crippen molar-refractivity contribution in [3.63, 3.8) is 0 Å². The predicted molar refractivity (Wildman–Crippen MR) is 247 cm³/mol. The average Bonchev–Trinajstić information content (AvgIpc) is 3.90. The van der Waals surface area contributed by atoms with Crippen LogP contribution < -0.4 is 4.90 Å². The van der Waals surface area contributed by atoms with Crippen molar-refractivity contribution in [2.45, 2.75) is 0 Å². The topological polar surface area (TPSA) is 29.5 Å². The van der Waals surface area contributed by atoms with E-state index < -0.39 is 0 Å². The van der Waals surface area contributed by atoms with Gasteiger partial charge in [-0.1, -0.05) is 170 Å². The van der Waals surface area contributed by atoms with Gasteiger partial charge in [0.15, 0.2) is 5.58 Å².